The molecule has 0 aliphatic carbocycles. The van der Waals surface area contributed by atoms with E-state index < -0.39 is 11.8 Å². The third kappa shape index (κ3) is 6.31. The van der Waals surface area contributed by atoms with E-state index in [2.05, 4.69) is 10.9 Å². The molecule has 0 unspecified atom stereocenters. The maximum atomic E-state index is 11.7. The lowest BCUT2D eigenvalue weighted by Crippen LogP contribution is -2.43. The zero-order valence-electron chi connectivity index (χ0n) is 12.8. The van der Waals surface area contributed by atoms with Gasteiger partial charge in [-0.3, -0.25) is 20.4 Å². The standard InChI is InChI=1S/C17H13Cl3N2O3/c18-12-7-5-11(14(20)9-12)6-8-16(23)21-22-17(24)10-25-15-4-2-1-3-13(15)19/h1-9H,10H2,(H,21,23)(H,22,24)/b8-6+. The minimum absolute atomic E-state index is 0.295. The predicted molar refractivity (Wildman–Crippen MR) is 98.7 cm³/mol. The smallest absolute Gasteiger partial charge is 0.276 e. The van der Waals surface area contributed by atoms with Crippen molar-refractivity contribution in [2.45, 2.75) is 0 Å². The molecule has 0 aliphatic rings. The number of nitrogens with one attached hydrogen (secondary N) is 2. The van der Waals surface area contributed by atoms with Gasteiger partial charge in [0.1, 0.15) is 5.75 Å². The zero-order valence-corrected chi connectivity index (χ0v) is 15.0. The molecule has 2 aromatic carbocycles. The Kier molecular flexibility index (Phi) is 7.13. The lowest BCUT2D eigenvalue weighted by molar-refractivity contribution is -0.128. The molecule has 0 heterocycles. The van der Waals surface area contributed by atoms with Gasteiger partial charge >= 0.3 is 0 Å². The zero-order chi connectivity index (χ0) is 18.2. The van der Waals surface area contributed by atoms with Crippen LogP contribution in [0.2, 0.25) is 15.1 Å². The van der Waals surface area contributed by atoms with Crippen LogP contribution in [0.4, 0.5) is 0 Å². The first-order chi connectivity index (χ1) is 12.0. The number of amides is 2. The first-order valence-corrected chi connectivity index (χ1v) is 8.18. The summed E-state index contributed by atoms with van der Waals surface area (Å²) in [5, 5.41) is 1.30. The number of halogens is 3. The molecule has 2 rings (SSSR count). The molecule has 0 saturated heterocycles. The van der Waals surface area contributed by atoms with Crippen molar-refractivity contribution in [1.82, 2.24) is 10.9 Å². The Labute approximate surface area is 159 Å². The number of para-hydroxylation sites is 1. The quantitative estimate of drug-likeness (QED) is 0.592. The van der Waals surface area contributed by atoms with E-state index in [-0.39, 0.29) is 6.61 Å². The molecule has 0 fully saturated rings. The fourth-order valence-electron chi connectivity index (χ4n) is 1.72. The summed E-state index contributed by atoms with van der Waals surface area (Å²) in [4.78, 5) is 23.3. The largest absolute Gasteiger partial charge is 0.482 e. The lowest BCUT2D eigenvalue weighted by atomic mass is 10.2. The van der Waals surface area contributed by atoms with E-state index in [1.165, 1.54) is 12.2 Å². The summed E-state index contributed by atoms with van der Waals surface area (Å²) in [6.45, 7) is -0.295. The summed E-state index contributed by atoms with van der Waals surface area (Å²) in [6.07, 6.45) is 2.73. The molecule has 5 nitrogen and oxygen atoms in total. The Hall–Kier alpha value is -2.21. The summed E-state index contributed by atoms with van der Waals surface area (Å²) >= 11 is 17.7. The van der Waals surface area contributed by atoms with Crippen LogP contribution in [0.1, 0.15) is 5.56 Å². The predicted octanol–water partition coefficient (Wildman–Crippen LogP) is 3.89. The second-order valence-corrected chi connectivity index (χ2v) is 6.01. The van der Waals surface area contributed by atoms with Crippen LogP contribution in [0.15, 0.2) is 48.5 Å². The molecule has 0 radical (unpaired) electrons. The number of carbonyl (C=O) groups excluding carboxylic acids is 2. The SMILES string of the molecule is O=C(/C=C/c1ccc(Cl)cc1Cl)NNC(=O)COc1ccccc1Cl. The third-order valence-electron chi connectivity index (χ3n) is 2.90. The molecule has 2 amide bonds. The van der Waals surface area contributed by atoms with Gasteiger partial charge in [-0.25, -0.2) is 0 Å². The van der Waals surface area contributed by atoms with Crippen molar-refractivity contribution in [3.05, 3.63) is 69.2 Å². The summed E-state index contributed by atoms with van der Waals surface area (Å²) < 4.78 is 5.24. The second kappa shape index (κ2) is 9.32. The minimum Gasteiger partial charge on any atom is -0.482 e. The number of hydrazine groups is 1. The van der Waals surface area contributed by atoms with Crippen LogP contribution in [0.25, 0.3) is 6.08 Å². The molecule has 2 aromatic rings. The Morgan fingerprint density at radius 2 is 1.76 bits per heavy atom. The second-order valence-electron chi connectivity index (χ2n) is 4.76. The van der Waals surface area contributed by atoms with Crippen LogP contribution < -0.4 is 15.6 Å². The van der Waals surface area contributed by atoms with Gasteiger partial charge in [-0.05, 0) is 35.9 Å². The van der Waals surface area contributed by atoms with E-state index in [1.54, 1.807) is 42.5 Å². The van der Waals surface area contributed by atoms with Gasteiger partial charge in [-0.1, -0.05) is 53.0 Å². The van der Waals surface area contributed by atoms with Crippen molar-refractivity contribution in [3.8, 4) is 5.75 Å². The number of rotatable bonds is 5. The molecule has 0 aromatic heterocycles. The molecule has 25 heavy (non-hydrogen) atoms. The van der Waals surface area contributed by atoms with Crippen molar-refractivity contribution in [2.75, 3.05) is 6.61 Å². The summed E-state index contributed by atoms with van der Waals surface area (Å²) in [5.41, 5.74) is 5.07. The van der Waals surface area contributed by atoms with Gasteiger partial charge in [0, 0.05) is 16.1 Å². The maximum absolute atomic E-state index is 11.7. The van der Waals surface area contributed by atoms with Gasteiger partial charge in [0.05, 0.1) is 5.02 Å². The highest BCUT2D eigenvalue weighted by Gasteiger charge is 2.06. The van der Waals surface area contributed by atoms with Crippen molar-refractivity contribution < 1.29 is 14.3 Å². The van der Waals surface area contributed by atoms with Crippen molar-refractivity contribution in [2.24, 2.45) is 0 Å². The highest BCUT2D eigenvalue weighted by Crippen LogP contribution is 2.23. The van der Waals surface area contributed by atoms with Crippen molar-refractivity contribution in [3.63, 3.8) is 0 Å². The normalized spacial score (nSPS) is 10.5. The van der Waals surface area contributed by atoms with Gasteiger partial charge in [-0.2, -0.15) is 0 Å². The van der Waals surface area contributed by atoms with Crippen molar-refractivity contribution >= 4 is 52.7 Å². The van der Waals surface area contributed by atoms with Gasteiger partial charge < -0.3 is 4.74 Å². The van der Waals surface area contributed by atoms with Crippen LogP contribution in [-0.4, -0.2) is 18.4 Å². The van der Waals surface area contributed by atoms with Crippen LogP contribution in [0.5, 0.6) is 5.75 Å². The van der Waals surface area contributed by atoms with Crippen molar-refractivity contribution in [1.29, 1.82) is 0 Å². The first-order valence-electron chi connectivity index (χ1n) is 7.05. The molecular formula is C17H13Cl3N2O3. The Bertz CT molecular complexity index is 809. The van der Waals surface area contributed by atoms with E-state index in [0.717, 1.165) is 0 Å². The Balaban J connectivity index is 1.78. The number of hydrogen-bond donors (Lipinski definition) is 2. The van der Waals surface area contributed by atoms with Crippen LogP contribution >= 0.6 is 34.8 Å². The van der Waals surface area contributed by atoms with E-state index >= 15 is 0 Å². The van der Waals surface area contributed by atoms with E-state index in [9.17, 15) is 9.59 Å². The van der Waals surface area contributed by atoms with Crippen LogP contribution in [0, 0.1) is 0 Å². The molecular weight excluding hydrogens is 387 g/mol. The molecule has 0 bridgehead atoms. The molecule has 2 N–H and O–H groups in total. The summed E-state index contributed by atoms with van der Waals surface area (Å²) in [6, 6.07) is 11.6. The fourth-order valence-corrected chi connectivity index (χ4v) is 2.38. The number of benzene rings is 2. The third-order valence-corrected chi connectivity index (χ3v) is 3.77. The van der Waals surface area contributed by atoms with Gasteiger partial charge in [-0.15, -0.1) is 0 Å². The number of hydrogen-bond acceptors (Lipinski definition) is 3. The van der Waals surface area contributed by atoms with Crippen LogP contribution in [0.3, 0.4) is 0 Å². The minimum atomic E-state index is -0.536. The number of ether oxygens (including phenoxy) is 1. The summed E-state index contributed by atoms with van der Waals surface area (Å²) in [7, 11) is 0. The van der Waals surface area contributed by atoms with Crippen LogP contribution in [-0.2, 0) is 9.59 Å². The molecule has 0 spiro atoms. The highest BCUT2D eigenvalue weighted by atomic mass is 35.5. The molecule has 0 atom stereocenters. The average Bonchev–Trinajstić information content (AvgIpc) is 2.58. The Morgan fingerprint density at radius 3 is 2.48 bits per heavy atom. The highest BCUT2D eigenvalue weighted by molar-refractivity contribution is 6.35. The molecule has 0 saturated carbocycles. The molecule has 0 aliphatic heterocycles. The molecule has 8 heteroatoms. The average molecular weight is 400 g/mol. The van der Waals surface area contributed by atoms with E-state index in [4.69, 9.17) is 39.5 Å². The first kappa shape index (κ1) is 19.1. The molecule has 130 valence electrons. The van der Waals surface area contributed by atoms with Gasteiger partial charge in [0.25, 0.3) is 11.8 Å². The van der Waals surface area contributed by atoms with Gasteiger partial charge in [0.15, 0.2) is 6.61 Å². The Morgan fingerprint density at radius 1 is 1.00 bits per heavy atom. The van der Waals surface area contributed by atoms with Gasteiger partial charge in [0.2, 0.25) is 0 Å². The monoisotopic (exact) mass is 398 g/mol. The maximum Gasteiger partial charge on any atom is 0.276 e. The van der Waals surface area contributed by atoms with E-state index in [1.807, 2.05) is 0 Å². The summed E-state index contributed by atoms with van der Waals surface area (Å²) in [5.74, 6) is -0.689. The number of carbonyl (C=O) groups is 2. The van der Waals surface area contributed by atoms with E-state index in [0.29, 0.717) is 26.4 Å². The fraction of sp³-hybridized carbons (Fsp3) is 0.0588. The lowest BCUT2D eigenvalue weighted by Gasteiger charge is -2.08. The topological polar surface area (TPSA) is 67.4 Å².